The molecular weight excluding hydrogens is 238 g/mol. The first-order chi connectivity index (χ1) is 8.49. The number of nitro groups is 1. The van der Waals surface area contributed by atoms with Crippen molar-refractivity contribution in [3.05, 3.63) is 34.4 Å². The number of non-ortho nitro benzene ring substituents is 1. The Kier molecular flexibility index (Phi) is 5.06. The van der Waals surface area contributed by atoms with Gasteiger partial charge in [-0.05, 0) is 25.5 Å². The minimum Gasteiger partial charge on any atom is -0.393 e. The van der Waals surface area contributed by atoms with Gasteiger partial charge in [-0.3, -0.25) is 10.1 Å². The van der Waals surface area contributed by atoms with Crippen molar-refractivity contribution >= 4 is 17.4 Å². The molecule has 1 rings (SSSR count). The van der Waals surface area contributed by atoms with E-state index in [0.717, 1.165) is 0 Å². The number of nitrogens with zero attached hydrogens (tertiary/aromatic N) is 1. The van der Waals surface area contributed by atoms with Gasteiger partial charge in [-0.2, -0.15) is 0 Å². The van der Waals surface area contributed by atoms with Gasteiger partial charge in [0.2, 0.25) is 0 Å². The molecule has 0 aliphatic carbocycles. The molecule has 0 bridgehead atoms. The topological polar surface area (TPSA) is 104 Å². The van der Waals surface area contributed by atoms with Crippen LogP contribution in [-0.2, 0) is 0 Å². The Labute approximate surface area is 104 Å². The average Bonchev–Trinajstić information content (AvgIpc) is 2.29. The van der Waals surface area contributed by atoms with E-state index in [9.17, 15) is 14.9 Å². The highest BCUT2D eigenvalue weighted by Gasteiger charge is 2.06. The number of aliphatic hydroxyl groups excluding tert-OH is 1. The van der Waals surface area contributed by atoms with E-state index in [1.165, 1.54) is 24.3 Å². The largest absolute Gasteiger partial charge is 0.393 e. The van der Waals surface area contributed by atoms with E-state index in [0.29, 0.717) is 18.7 Å². The molecule has 0 aliphatic heterocycles. The molecule has 18 heavy (non-hydrogen) atoms. The summed E-state index contributed by atoms with van der Waals surface area (Å²) in [4.78, 5) is 21.3. The number of carbonyl (C=O) groups is 1. The number of carbonyl (C=O) groups excluding carboxylic acids is 1. The molecule has 3 N–H and O–H groups in total. The first-order valence-electron chi connectivity index (χ1n) is 5.46. The molecular formula is C11H15N3O4. The second kappa shape index (κ2) is 6.55. The van der Waals surface area contributed by atoms with Crippen LogP contribution in [0.5, 0.6) is 0 Å². The highest BCUT2D eigenvalue weighted by Crippen LogP contribution is 2.15. The van der Waals surface area contributed by atoms with Gasteiger partial charge in [0, 0.05) is 24.4 Å². The van der Waals surface area contributed by atoms with Crippen molar-refractivity contribution in [1.29, 1.82) is 0 Å². The molecule has 0 spiro atoms. The maximum absolute atomic E-state index is 11.4. The summed E-state index contributed by atoms with van der Waals surface area (Å²) in [7, 11) is 0. The van der Waals surface area contributed by atoms with Crippen LogP contribution in [0.3, 0.4) is 0 Å². The van der Waals surface area contributed by atoms with Gasteiger partial charge in [0.1, 0.15) is 0 Å². The molecule has 0 radical (unpaired) electrons. The fraction of sp³-hybridized carbons (Fsp3) is 0.364. The monoisotopic (exact) mass is 253 g/mol. The number of urea groups is 1. The fourth-order valence-corrected chi connectivity index (χ4v) is 1.24. The summed E-state index contributed by atoms with van der Waals surface area (Å²) in [5.74, 6) is 0. The lowest BCUT2D eigenvalue weighted by molar-refractivity contribution is -0.384. The van der Waals surface area contributed by atoms with Gasteiger partial charge in [0.05, 0.1) is 11.0 Å². The highest BCUT2D eigenvalue weighted by molar-refractivity contribution is 5.89. The quantitative estimate of drug-likeness (QED) is 0.546. The number of aliphatic hydroxyl groups is 1. The van der Waals surface area contributed by atoms with E-state index >= 15 is 0 Å². The SMILES string of the molecule is CC(O)CCNC(=O)Nc1ccc([N+](=O)[O-])cc1. The standard InChI is InChI=1S/C11H15N3O4/c1-8(15)6-7-12-11(16)13-9-2-4-10(5-3-9)14(17)18/h2-5,8,15H,6-7H2,1H3,(H2,12,13,16). The number of nitrogens with one attached hydrogen (secondary N) is 2. The second-order valence-electron chi connectivity index (χ2n) is 3.82. The van der Waals surface area contributed by atoms with E-state index in [1.807, 2.05) is 0 Å². The van der Waals surface area contributed by atoms with E-state index in [2.05, 4.69) is 10.6 Å². The minimum atomic E-state index is -0.507. The number of benzene rings is 1. The van der Waals surface area contributed by atoms with Crippen molar-refractivity contribution in [2.45, 2.75) is 19.4 Å². The van der Waals surface area contributed by atoms with E-state index in [4.69, 9.17) is 5.11 Å². The van der Waals surface area contributed by atoms with Gasteiger partial charge >= 0.3 is 6.03 Å². The van der Waals surface area contributed by atoms with Gasteiger partial charge in [-0.15, -0.1) is 0 Å². The van der Waals surface area contributed by atoms with Crippen molar-refractivity contribution in [2.24, 2.45) is 0 Å². The summed E-state index contributed by atoms with van der Waals surface area (Å²) in [6.07, 6.45) is -0.00194. The summed E-state index contributed by atoms with van der Waals surface area (Å²) in [5, 5.41) is 24.5. The van der Waals surface area contributed by atoms with Crippen LogP contribution in [0.25, 0.3) is 0 Å². The maximum Gasteiger partial charge on any atom is 0.319 e. The Balaban J connectivity index is 2.42. The van der Waals surface area contributed by atoms with Crippen molar-refractivity contribution in [3.8, 4) is 0 Å². The van der Waals surface area contributed by atoms with Crippen LogP contribution in [0, 0.1) is 10.1 Å². The first kappa shape index (κ1) is 13.9. The maximum atomic E-state index is 11.4. The van der Waals surface area contributed by atoms with Gasteiger partial charge in [0.15, 0.2) is 0 Å². The van der Waals surface area contributed by atoms with Gasteiger partial charge in [0.25, 0.3) is 5.69 Å². The van der Waals surface area contributed by atoms with Crippen LogP contribution < -0.4 is 10.6 Å². The molecule has 1 aromatic carbocycles. The third-order valence-electron chi connectivity index (χ3n) is 2.18. The van der Waals surface area contributed by atoms with Crippen LogP contribution in [0.1, 0.15) is 13.3 Å². The van der Waals surface area contributed by atoms with Crippen LogP contribution in [0.2, 0.25) is 0 Å². The van der Waals surface area contributed by atoms with Crippen LogP contribution in [0.4, 0.5) is 16.2 Å². The normalized spacial score (nSPS) is 11.7. The number of nitro benzene ring substituents is 1. The van der Waals surface area contributed by atoms with E-state index < -0.39 is 17.1 Å². The summed E-state index contributed by atoms with van der Waals surface area (Å²) < 4.78 is 0. The summed E-state index contributed by atoms with van der Waals surface area (Å²) in [6.45, 7) is 1.99. The zero-order valence-electron chi connectivity index (χ0n) is 9.92. The van der Waals surface area contributed by atoms with Crippen LogP contribution >= 0.6 is 0 Å². The van der Waals surface area contributed by atoms with Crippen LogP contribution in [0.15, 0.2) is 24.3 Å². The lowest BCUT2D eigenvalue weighted by atomic mass is 10.3. The highest BCUT2D eigenvalue weighted by atomic mass is 16.6. The Morgan fingerprint density at radius 2 is 2.06 bits per heavy atom. The van der Waals surface area contributed by atoms with Gasteiger partial charge in [-0.25, -0.2) is 4.79 Å². The second-order valence-corrected chi connectivity index (χ2v) is 3.82. The number of hydrogen-bond donors (Lipinski definition) is 3. The minimum absolute atomic E-state index is 0.0323. The summed E-state index contributed by atoms with van der Waals surface area (Å²) in [5.41, 5.74) is 0.435. The molecule has 7 nitrogen and oxygen atoms in total. The molecule has 0 fully saturated rings. The van der Waals surface area contributed by atoms with E-state index in [1.54, 1.807) is 6.92 Å². The fourth-order valence-electron chi connectivity index (χ4n) is 1.24. The third-order valence-corrected chi connectivity index (χ3v) is 2.18. The Morgan fingerprint density at radius 1 is 1.44 bits per heavy atom. The molecule has 0 saturated carbocycles. The lowest BCUT2D eigenvalue weighted by Gasteiger charge is -2.08. The number of hydrogen-bond acceptors (Lipinski definition) is 4. The van der Waals surface area contributed by atoms with Crippen molar-refractivity contribution in [3.63, 3.8) is 0 Å². The third kappa shape index (κ3) is 4.79. The molecule has 0 aliphatic rings. The predicted octanol–water partition coefficient (Wildman–Crippen LogP) is 1.49. The van der Waals surface area contributed by atoms with E-state index in [-0.39, 0.29) is 5.69 Å². The summed E-state index contributed by atoms with van der Waals surface area (Å²) in [6, 6.07) is 5.11. The molecule has 1 aromatic rings. The lowest BCUT2D eigenvalue weighted by Crippen LogP contribution is -2.30. The molecule has 1 unspecified atom stereocenters. The molecule has 98 valence electrons. The zero-order valence-corrected chi connectivity index (χ0v) is 9.92. The zero-order chi connectivity index (χ0) is 13.5. The van der Waals surface area contributed by atoms with Crippen LogP contribution in [-0.4, -0.2) is 28.7 Å². The van der Waals surface area contributed by atoms with Gasteiger partial charge in [-0.1, -0.05) is 0 Å². The Hall–Kier alpha value is -2.15. The molecule has 2 amide bonds. The molecule has 0 heterocycles. The predicted molar refractivity (Wildman–Crippen MR) is 66.4 cm³/mol. The number of anilines is 1. The molecule has 7 heteroatoms. The summed E-state index contributed by atoms with van der Waals surface area (Å²) >= 11 is 0. The van der Waals surface area contributed by atoms with Gasteiger partial charge < -0.3 is 15.7 Å². The number of amides is 2. The van der Waals surface area contributed by atoms with Crippen molar-refractivity contribution in [1.82, 2.24) is 5.32 Å². The van der Waals surface area contributed by atoms with Crippen molar-refractivity contribution in [2.75, 3.05) is 11.9 Å². The van der Waals surface area contributed by atoms with Crippen molar-refractivity contribution < 1.29 is 14.8 Å². The first-order valence-corrected chi connectivity index (χ1v) is 5.46. The number of rotatable bonds is 5. The average molecular weight is 253 g/mol. The molecule has 0 saturated heterocycles. The smallest absolute Gasteiger partial charge is 0.319 e. The molecule has 0 aromatic heterocycles. The Morgan fingerprint density at radius 3 is 2.56 bits per heavy atom. The Bertz CT molecular complexity index is 417. The molecule has 1 atom stereocenters.